The smallest absolute Gasteiger partial charge is 0.164 e. The van der Waals surface area contributed by atoms with Crippen molar-refractivity contribution in [2.75, 3.05) is 20.3 Å². The number of benzene rings is 1. The van der Waals surface area contributed by atoms with Crippen LogP contribution in [0.1, 0.15) is 32.3 Å². The van der Waals surface area contributed by atoms with Crippen LogP contribution in [0, 0.1) is 5.92 Å². The Morgan fingerprint density at radius 1 is 1.26 bits per heavy atom. The van der Waals surface area contributed by atoms with Crippen LogP contribution in [0.5, 0.6) is 11.5 Å². The average Bonchev–Trinajstić information content (AvgIpc) is 2.41. The van der Waals surface area contributed by atoms with Gasteiger partial charge >= 0.3 is 0 Å². The number of rotatable bonds is 8. The Labute approximate surface area is 121 Å². The summed E-state index contributed by atoms with van der Waals surface area (Å²) in [5.74, 6) is 2.03. The maximum absolute atomic E-state index is 6.08. The van der Waals surface area contributed by atoms with Crippen molar-refractivity contribution in [2.45, 2.75) is 33.1 Å². The van der Waals surface area contributed by atoms with E-state index in [1.54, 1.807) is 13.2 Å². The van der Waals surface area contributed by atoms with Gasteiger partial charge < -0.3 is 15.2 Å². The van der Waals surface area contributed by atoms with Crippen molar-refractivity contribution in [1.82, 2.24) is 0 Å². The van der Waals surface area contributed by atoms with E-state index in [2.05, 4.69) is 13.8 Å². The van der Waals surface area contributed by atoms with E-state index in [1.165, 1.54) is 0 Å². The third kappa shape index (κ3) is 4.59. The summed E-state index contributed by atoms with van der Waals surface area (Å²) in [5, 5.41) is 0.648. The lowest BCUT2D eigenvalue weighted by atomic mass is 10.1. The van der Waals surface area contributed by atoms with Crippen LogP contribution in [-0.4, -0.2) is 20.3 Å². The van der Waals surface area contributed by atoms with E-state index in [0.717, 1.165) is 30.6 Å². The van der Waals surface area contributed by atoms with Crippen molar-refractivity contribution in [3.8, 4) is 11.5 Å². The Morgan fingerprint density at radius 2 is 1.95 bits per heavy atom. The summed E-state index contributed by atoms with van der Waals surface area (Å²) in [6, 6.07) is 3.68. The summed E-state index contributed by atoms with van der Waals surface area (Å²) in [7, 11) is 1.63. The Hall–Kier alpha value is -0.930. The summed E-state index contributed by atoms with van der Waals surface area (Å²) >= 11 is 6.08. The Bertz CT molecular complexity index is 392. The van der Waals surface area contributed by atoms with E-state index in [0.29, 0.717) is 29.8 Å². The van der Waals surface area contributed by atoms with Gasteiger partial charge in [0.05, 0.1) is 13.7 Å². The van der Waals surface area contributed by atoms with Crippen LogP contribution in [-0.2, 0) is 6.42 Å². The molecule has 0 amide bonds. The molecule has 0 aromatic heterocycles. The summed E-state index contributed by atoms with van der Waals surface area (Å²) in [6.07, 6.45) is 2.95. The Balaban J connectivity index is 2.95. The third-order valence-electron chi connectivity index (χ3n) is 3.35. The molecule has 3 nitrogen and oxygen atoms in total. The minimum Gasteiger partial charge on any atom is -0.493 e. The van der Waals surface area contributed by atoms with E-state index in [1.807, 2.05) is 6.07 Å². The molecule has 0 aliphatic carbocycles. The van der Waals surface area contributed by atoms with Crippen LogP contribution in [0.3, 0.4) is 0 Å². The second kappa shape index (κ2) is 8.28. The molecule has 0 atom stereocenters. The second-order valence-corrected chi connectivity index (χ2v) is 5.06. The number of hydrogen-bond donors (Lipinski definition) is 1. The molecule has 0 aliphatic rings. The van der Waals surface area contributed by atoms with Crippen molar-refractivity contribution < 1.29 is 9.47 Å². The lowest BCUT2D eigenvalue weighted by Crippen LogP contribution is -2.13. The molecule has 1 aromatic rings. The van der Waals surface area contributed by atoms with Gasteiger partial charge in [0, 0.05) is 16.7 Å². The summed E-state index contributed by atoms with van der Waals surface area (Å²) in [5.41, 5.74) is 6.65. The monoisotopic (exact) mass is 285 g/mol. The molecule has 0 saturated heterocycles. The fraction of sp³-hybridized carbons (Fsp3) is 0.600. The van der Waals surface area contributed by atoms with Gasteiger partial charge in [0.15, 0.2) is 11.5 Å². The van der Waals surface area contributed by atoms with Gasteiger partial charge in [0.25, 0.3) is 0 Å². The molecule has 108 valence electrons. The van der Waals surface area contributed by atoms with Crippen LogP contribution in [0.2, 0.25) is 5.02 Å². The first-order valence-corrected chi connectivity index (χ1v) is 7.23. The molecule has 0 unspecified atom stereocenters. The summed E-state index contributed by atoms with van der Waals surface area (Å²) < 4.78 is 11.3. The lowest BCUT2D eigenvalue weighted by Gasteiger charge is -2.19. The number of methoxy groups -OCH3 is 1. The molecule has 0 fully saturated rings. The van der Waals surface area contributed by atoms with E-state index in [9.17, 15) is 0 Å². The maximum atomic E-state index is 6.08. The fourth-order valence-corrected chi connectivity index (χ4v) is 2.24. The highest BCUT2D eigenvalue weighted by molar-refractivity contribution is 6.30. The van der Waals surface area contributed by atoms with Crippen molar-refractivity contribution in [1.29, 1.82) is 0 Å². The fourth-order valence-electron chi connectivity index (χ4n) is 2.00. The SMILES string of the molecule is CCC(CC)COc1c(CCN)cc(Cl)cc1OC. The predicted molar refractivity (Wildman–Crippen MR) is 80.3 cm³/mol. The van der Waals surface area contributed by atoms with Crippen LogP contribution in [0.4, 0.5) is 0 Å². The van der Waals surface area contributed by atoms with Crippen molar-refractivity contribution >= 4 is 11.6 Å². The number of hydrogen-bond acceptors (Lipinski definition) is 3. The molecule has 0 radical (unpaired) electrons. The zero-order valence-corrected chi connectivity index (χ0v) is 12.8. The standard InChI is InChI=1S/C15H24ClNO2/c1-4-11(5-2)10-19-15-12(6-7-17)8-13(16)9-14(15)18-3/h8-9,11H,4-7,10,17H2,1-3H3. The second-order valence-electron chi connectivity index (χ2n) is 4.63. The molecule has 1 aromatic carbocycles. The first-order valence-electron chi connectivity index (χ1n) is 6.85. The highest BCUT2D eigenvalue weighted by atomic mass is 35.5. The molecule has 0 aliphatic heterocycles. The normalized spacial score (nSPS) is 10.8. The minimum atomic E-state index is 0.560. The molecular formula is C15H24ClNO2. The Kier molecular flexibility index (Phi) is 7.03. The lowest BCUT2D eigenvalue weighted by molar-refractivity contribution is 0.228. The molecule has 0 saturated carbocycles. The van der Waals surface area contributed by atoms with Gasteiger partial charge in [-0.1, -0.05) is 38.3 Å². The van der Waals surface area contributed by atoms with E-state index in [4.69, 9.17) is 26.8 Å². The van der Waals surface area contributed by atoms with E-state index < -0.39 is 0 Å². The van der Waals surface area contributed by atoms with Crippen molar-refractivity contribution in [2.24, 2.45) is 11.7 Å². The summed E-state index contributed by atoms with van der Waals surface area (Å²) in [4.78, 5) is 0. The topological polar surface area (TPSA) is 44.5 Å². The summed E-state index contributed by atoms with van der Waals surface area (Å²) in [6.45, 7) is 5.61. The highest BCUT2D eigenvalue weighted by Crippen LogP contribution is 2.35. The number of nitrogens with two attached hydrogens (primary N) is 1. The molecule has 0 spiro atoms. The first-order chi connectivity index (χ1) is 9.15. The molecule has 19 heavy (non-hydrogen) atoms. The quantitative estimate of drug-likeness (QED) is 0.793. The molecule has 0 heterocycles. The zero-order chi connectivity index (χ0) is 14.3. The van der Waals surface area contributed by atoms with Gasteiger partial charge in [-0.2, -0.15) is 0 Å². The van der Waals surface area contributed by atoms with Gasteiger partial charge in [-0.25, -0.2) is 0 Å². The largest absolute Gasteiger partial charge is 0.493 e. The van der Waals surface area contributed by atoms with Crippen LogP contribution >= 0.6 is 11.6 Å². The van der Waals surface area contributed by atoms with Crippen molar-refractivity contribution in [3.05, 3.63) is 22.7 Å². The van der Waals surface area contributed by atoms with Crippen LogP contribution in [0.15, 0.2) is 12.1 Å². The van der Waals surface area contributed by atoms with Gasteiger partial charge in [0.2, 0.25) is 0 Å². The van der Waals surface area contributed by atoms with E-state index in [-0.39, 0.29) is 0 Å². The molecule has 2 N–H and O–H groups in total. The van der Waals surface area contributed by atoms with Gasteiger partial charge in [0.1, 0.15) is 0 Å². The third-order valence-corrected chi connectivity index (χ3v) is 3.57. The van der Waals surface area contributed by atoms with Gasteiger partial charge in [-0.3, -0.25) is 0 Å². The number of ether oxygens (including phenoxy) is 2. The average molecular weight is 286 g/mol. The van der Waals surface area contributed by atoms with Crippen LogP contribution in [0.25, 0.3) is 0 Å². The maximum Gasteiger partial charge on any atom is 0.164 e. The number of halogens is 1. The first kappa shape index (κ1) is 16.1. The predicted octanol–water partition coefficient (Wildman–Crippen LogP) is 3.66. The van der Waals surface area contributed by atoms with Gasteiger partial charge in [-0.05, 0) is 24.9 Å². The molecular weight excluding hydrogens is 262 g/mol. The highest BCUT2D eigenvalue weighted by Gasteiger charge is 2.14. The van der Waals surface area contributed by atoms with Crippen LogP contribution < -0.4 is 15.2 Å². The van der Waals surface area contributed by atoms with E-state index >= 15 is 0 Å². The molecule has 0 bridgehead atoms. The van der Waals surface area contributed by atoms with Gasteiger partial charge in [-0.15, -0.1) is 0 Å². The minimum absolute atomic E-state index is 0.560. The molecule has 1 rings (SSSR count). The Morgan fingerprint density at radius 3 is 2.47 bits per heavy atom. The van der Waals surface area contributed by atoms with Crippen molar-refractivity contribution in [3.63, 3.8) is 0 Å². The zero-order valence-electron chi connectivity index (χ0n) is 12.0. The molecule has 4 heteroatoms.